The van der Waals surface area contributed by atoms with Crippen molar-refractivity contribution in [3.8, 4) is 0 Å². The summed E-state index contributed by atoms with van der Waals surface area (Å²) in [6, 6.07) is -1.36. The Morgan fingerprint density at radius 2 is 2.05 bits per heavy atom. The number of fused-ring (bicyclic) bond motifs is 1. The fourth-order valence-electron chi connectivity index (χ4n) is 3.69. The summed E-state index contributed by atoms with van der Waals surface area (Å²) in [5.74, 6) is -1.94. The first-order valence-corrected chi connectivity index (χ1v) is 7.26. The van der Waals surface area contributed by atoms with Gasteiger partial charge in [-0.05, 0) is 19.8 Å². The zero-order valence-corrected chi connectivity index (χ0v) is 12.6. The Morgan fingerprint density at radius 3 is 2.57 bits per heavy atom. The van der Waals surface area contributed by atoms with Gasteiger partial charge in [0.1, 0.15) is 5.54 Å². The topological polar surface area (TPSA) is 122 Å². The Kier molecular flexibility index (Phi) is 4.03. The molecule has 7 heteroatoms. The lowest BCUT2D eigenvalue weighted by Crippen LogP contribution is -2.83. The van der Waals surface area contributed by atoms with Gasteiger partial charge in [-0.15, -0.1) is 0 Å². The molecule has 3 unspecified atom stereocenters. The molecule has 0 aromatic heterocycles. The highest BCUT2D eigenvalue weighted by atomic mass is 16.5. The van der Waals surface area contributed by atoms with Crippen molar-refractivity contribution in [1.29, 1.82) is 0 Å². The van der Waals surface area contributed by atoms with Crippen molar-refractivity contribution in [2.45, 2.75) is 57.4 Å². The molecule has 1 saturated carbocycles. The molecule has 0 aromatic rings. The molecule has 0 radical (unpaired) electrons. The van der Waals surface area contributed by atoms with Gasteiger partial charge in [0.05, 0.1) is 12.2 Å². The lowest BCUT2D eigenvalue weighted by atomic mass is 9.46. The number of nitrogens with two attached hydrogens (primary N) is 1. The number of carbonyl (C=O) groups excluding carboxylic acids is 1. The van der Waals surface area contributed by atoms with Crippen LogP contribution in [0.1, 0.15) is 33.6 Å². The number of aliphatic carboxylic acids is 1. The van der Waals surface area contributed by atoms with Crippen LogP contribution in [0.15, 0.2) is 0 Å². The molecule has 0 spiro atoms. The average molecular weight is 300 g/mol. The lowest BCUT2D eigenvalue weighted by molar-refractivity contribution is -0.225. The molecule has 1 heterocycles. The summed E-state index contributed by atoms with van der Waals surface area (Å²) in [5, 5.41) is 20.9. The fraction of sp³-hybridized carbons (Fsp3) is 0.857. The van der Waals surface area contributed by atoms with Crippen LogP contribution in [-0.2, 0) is 14.3 Å². The van der Waals surface area contributed by atoms with Crippen LogP contribution in [-0.4, -0.2) is 52.5 Å². The summed E-state index contributed by atoms with van der Waals surface area (Å²) in [7, 11) is 0. The highest BCUT2D eigenvalue weighted by Gasteiger charge is 2.70. The Balaban J connectivity index is 2.19. The van der Waals surface area contributed by atoms with Gasteiger partial charge in [-0.3, -0.25) is 4.79 Å². The zero-order valence-electron chi connectivity index (χ0n) is 12.6. The molecular formula is C14H24N2O5. The first-order valence-electron chi connectivity index (χ1n) is 7.26. The second-order valence-corrected chi connectivity index (χ2v) is 6.66. The third kappa shape index (κ3) is 2.23. The molecule has 1 aliphatic heterocycles. The third-order valence-corrected chi connectivity index (χ3v) is 5.10. The van der Waals surface area contributed by atoms with Gasteiger partial charge in [-0.25, -0.2) is 4.79 Å². The van der Waals surface area contributed by atoms with E-state index in [-0.39, 0.29) is 12.0 Å². The number of carbonyl (C=O) groups is 2. The number of rotatable bonds is 4. The van der Waals surface area contributed by atoms with Gasteiger partial charge in [-0.2, -0.15) is 0 Å². The Morgan fingerprint density at radius 1 is 1.43 bits per heavy atom. The monoisotopic (exact) mass is 300 g/mol. The van der Waals surface area contributed by atoms with E-state index in [4.69, 9.17) is 15.6 Å². The number of hydrogen-bond donors (Lipinski definition) is 4. The molecule has 1 amide bonds. The number of aliphatic hydroxyl groups is 1. The van der Waals surface area contributed by atoms with Crippen LogP contribution in [0, 0.1) is 11.3 Å². The molecule has 5 N–H and O–H groups in total. The van der Waals surface area contributed by atoms with E-state index in [0.717, 1.165) is 12.8 Å². The van der Waals surface area contributed by atoms with Crippen molar-refractivity contribution in [2.75, 3.05) is 6.61 Å². The van der Waals surface area contributed by atoms with Crippen molar-refractivity contribution in [3.05, 3.63) is 0 Å². The molecule has 2 fully saturated rings. The van der Waals surface area contributed by atoms with E-state index >= 15 is 0 Å². The van der Waals surface area contributed by atoms with E-state index in [1.807, 2.05) is 13.8 Å². The number of aliphatic hydroxyl groups excluding tert-OH is 1. The van der Waals surface area contributed by atoms with Gasteiger partial charge in [0.25, 0.3) is 0 Å². The highest BCUT2D eigenvalue weighted by molar-refractivity contribution is 5.92. The van der Waals surface area contributed by atoms with Crippen LogP contribution in [0.25, 0.3) is 0 Å². The van der Waals surface area contributed by atoms with Crippen LogP contribution in [0.2, 0.25) is 0 Å². The molecule has 7 nitrogen and oxygen atoms in total. The standard InChI is InChI=1S/C14H24N2O5/c1-7(17)9(11(18)19)16-12(20)14(15)8-5-4-6-21-10(8)13(14,2)3/h7-10,17H,4-6,15H2,1-3H3,(H,16,20)(H,18,19)/t7-,8?,9+,10?,14?/m1/s1. The smallest absolute Gasteiger partial charge is 0.328 e. The van der Waals surface area contributed by atoms with E-state index in [9.17, 15) is 14.7 Å². The van der Waals surface area contributed by atoms with Crippen LogP contribution >= 0.6 is 0 Å². The molecule has 0 bridgehead atoms. The van der Waals surface area contributed by atoms with Crippen LogP contribution in [0.5, 0.6) is 0 Å². The minimum Gasteiger partial charge on any atom is -0.480 e. The SMILES string of the molecule is C[C@@H](O)[C@H](NC(=O)C1(N)C2CCCOC2C1(C)C)C(=O)O. The minimum absolute atomic E-state index is 0.0863. The molecule has 2 rings (SSSR count). The Labute approximate surface area is 123 Å². The summed E-state index contributed by atoms with van der Waals surface area (Å²) in [6.45, 7) is 5.70. The Hall–Kier alpha value is -1.18. The van der Waals surface area contributed by atoms with Gasteiger partial charge in [0.15, 0.2) is 6.04 Å². The van der Waals surface area contributed by atoms with Crippen molar-refractivity contribution in [3.63, 3.8) is 0 Å². The molecule has 1 saturated heterocycles. The molecule has 5 atom stereocenters. The normalized spacial score (nSPS) is 36.8. The molecular weight excluding hydrogens is 276 g/mol. The van der Waals surface area contributed by atoms with Gasteiger partial charge in [0, 0.05) is 17.9 Å². The number of carboxylic acids is 1. The lowest BCUT2D eigenvalue weighted by Gasteiger charge is -2.65. The molecule has 21 heavy (non-hydrogen) atoms. The molecule has 2 aliphatic rings. The average Bonchev–Trinajstić information content (AvgIpc) is 2.42. The van der Waals surface area contributed by atoms with Gasteiger partial charge < -0.3 is 26.0 Å². The largest absolute Gasteiger partial charge is 0.480 e. The van der Waals surface area contributed by atoms with E-state index in [2.05, 4.69) is 5.32 Å². The molecule has 0 aromatic carbocycles. The predicted octanol–water partition coefficient (Wildman–Crippen LogP) is -0.531. The number of amides is 1. The van der Waals surface area contributed by atoms with Gasteiger partial charge >= 0.3 is 5.97 Å². The number of ether oxygens (including phenoxy) is 1. The summed E-state index contributed by atoms with van der Waals surface area (Å²) < 4.78 is 5.71. The van der Waals surface area contributed by atoms with Crippen molar-refractivity contribution >= 4 is 11.9 Å². The van der Waals surface area contributed by atoms with Crippen LogP contribution in [0.3, 0.4) is 0 Å². The quantitative estimate of drug-likeness (QED) is 0.553. The van der Waals surface area contributed by atoms with Crippen LogP contribution in [0.4, 0.5) is 0 Å². The molecule has 1 aliphatic carbocycles. The van der Waals surface area contributed by atoms with Crippen molar-refractivity contribution in [2.24, 2.45) is 17.1 Å². The first-order chi connectivity index (χ1) is 9.64. The van der Waals surface area contributed by atoms with Crippen LogP contribution < -0.4 is 11.1 Å². The van der Waals surface area contributed by atoms with Gasteiger partial charge in [-0.1, -0.05) is 13.8 Å². The fourth-order valence-corrected chi connectivity index (χ4v) is 3.69. The Bertz CT molecular complexity index is 451. The second kappa shape index (κ2) is 5.23. The minimum atomic E-state index is -1.36. The number of nitrogens with one attached hydrogen (secondary N) is 1. The third-order valence-electron chi connectivity index (χ3n) is 5.10. The molecule has 120 valence electrons. The number of carboxylic acid groups (broad SMARTS) is 1. The van der Waals surface area contributed by atoms with E-state index in [1.54, 1.807) is 0 Å². The summed E-state index contributed by atoms with van der Waals surface area (Å²) in [4.78, 5) is 23.7. The maximum Gasteiger partial charge on any atom is 0.328 e. The maximum atomic E-state index is 12.6. The van der Waals surface area contributed by atoms with Crippen molar-refractivity contribution in [1.82, 2.24) is 5.32 Å². The first kappa shape index (κ1) is 16.2. The summed E-state index contributed by atoms with van der Waals surface area (Å²) in [6.07, 6.45) is 0.334. The predicted molar refractivity (Wildman–Crippen MR) is 74.4 cm³/mol. The second-order valence-electron chi connectivity index (χ2n) is 6.66. The summed E-state index contributed by atoms with van der Waals surface area (Å²) in [5.41, 5.74) is 4.60. The van der Waals surface area contributed by atoms with Crippen molar-refractivity contribution < 1.29 is 24.5 Å². The van der Waals surface area contributed by atoms with E-state index in [0.29, 0.717) is 6.61 Å². The van der Waals surface area contributed by atoms with Gasteiger partial charge in [0.2, 0.25) is 5.91 Å². The van der Waals surface area contributed by atoms with E-state index in [1.165, 1.54) is 6.92 Å². The number of hydrogen-bond acceptors (Lipinski definition) is 5. The maximum absolute atomic E-state index is 12.6. The highest BCUT2D eigenvalue weighted by Crippen LogP contribution is 2.57. The summed E-state index contributed by atoms with van der Waals surface area (Å²) >= 11 is 0. The zero-order chi connectivity index (χ0) is 16.0. The van der Waals surface area contributed by atoms with E-state index < -0.39 is 35.0 Å².